The first-order chi connectivity index (χ1) is 12.3. The van der Waals surface area contributed by atoms with E-state index in [1.165, 1.54) is 38.8 Å². The molecule has 8 atom stereocenters. The van der Waals surface area contributed by atoms with Gasteiger partial charge in [-0.2, -0.15) is 0 Å². The molecule has 144 valence electrons. The van der Waals surface area contributed by atoms with Crippen molar-refractivity contribution in [2.45, 2.75) is 77.9 Å². The number of carbonyl (C=O) groups is 1. The molecule has 1 N–H and O–H groups in total. The Morgan fingerprint density at radius 2 is 1.96 bits per heavy atom. The van der Waals surface area contributed by atoms with Crippen LogP contribution in [0.1, 0.15) is 65.7 Å². The molecule has 5 aliphatic rings. The molecule has 0 aromatic rings. The lowest BCUT2D eigenvalue weighted by molar-refractivity contribution is -0.128. The van der Waals surface area contributed by atoms with Crippen molar-refractivity contribution in [3.63, 3.8) is 0 Å². The van der Waals surface area contributed by atoms with Gasteiger partial charge in [0.15, 0.2) is 0 Å². The molecule has 1 aliphatic heterocycles. The average Bonchev–Trinajstić information content (AvgIpc) is 3.37. The van der Waals surface area contributed by atoms with Crippen LogP contribution in [0.15, 0.2) is 11.6 Å². The van der Waals surface area contributed by atoms with E-state index in [2.05, 4.69) is 24.8 Å². The maximum atomic E-state index is 12.7. The van der Waals surface area contributed by atoms with Crippen molar-refractivity contribution in [1.29, 1.82) is 0 Å². The monoisotopic (exact) mass is 357 g/mol. The summed E-state index contributed by atoms with van der Waals surface area (Å²) in [4.78, 5) is 15.2. The lowest BCUT2D eigenvalue weighted by atomic mass is 9.47. The van der Waals surface area contributed by atoms with E-state index in [0.717, 1.165) is 31.1 Å². The normalized spacial score (nSPS) is 53.3. The van der Waals surface area contributed by atoms with E-state index >= 15 is 0 Å². The van der Waals surface area contributed by atoms with Crippen LogP contribution in [-0.4, -0.2) is 41.0 Å². The smallest absolute Gasteiger partial charge is 0.135 e. The highest BCUT2D eigenvalue weighted by atomic mass is 16.3. The number of rotatable bonds is 2. The summed E-state index contributed by atoms with van der Waals surface area (Å²) in [6.45, 7) is 9.19. The fourth-order valence-corrected chi connectivity index (χ4v) is 8.14. The van der Waals surface area contributed by atoms with Crippen LogP contribution in [0.2, 0.25) is 0 Å². The molecule has 2 unspecified atom stereocenters. The molecule has 3 heteroatoms. The Kier molecular flexibility index (Phi) is 3.80. The second-order valence-corrected chi connectivity index (χ2v) is 10.6. The summed E-state index contributed by atoms with van der Waals surface area (Å²) in [7, 11) is 0. The first-order valence-electron chi connectivity index (χ1n) is 11.0. The predicted molar refractivity (Wildman–Crippen MR) is 103 cm³/mol. The van der Waals surface area contributed by atoms with Gasteiger partial charge in [0, 0.05) is 25.0 Å². The lowest BCUT2D eigenvalue weighted by Gasteiger charge is -2.57. The van der Waals surface area contributed by atoms with Crippen LogP contribution in [0.4, 0.5) is 0 Å². The van der Waals surface area contributed by atoms with Gasteiger partial charge in [-0.1, -0.05) is 25.5 Å². The first-order valence-corrected chi connectivity index (χ1v) is 11.0. The number of ketones is 1. The van der Waals surface area contributed by atoms with Gasteiger partial charge in [-0.15, -0.1) is 0 Å². The van der Waals surface area contributed by atoms with Gasteiger partial charge in [-0.25, -0.2) is 0 Å². The zero-order valence-corrected chi connectivity index (χ0v) is 16.7. The SMILES string of the molecule is CC(=O)[C@H]1C(N2CC2)C[C@H]2[C@@H]3CC=C4CC(O)CC[C@]4(C)[C@H]3CC[C@]12C. The van der Waals surface area contributed by atoms with E-state index in [1.54, 1.807) is 5.57 Å². The molecule has 3 nitrogen and oxygen atoms in total. The van der Waals surface area contributed by atoms with Crippen LogP contribution in [0.3, 0.4) is 0 Å². The number of nitrogens with zero attached hydrogens (tertiary/aromatic N) is 1. The molecule has 4 aliphatic carbocycles. The highest BCUT2D eigenvalue weighted by Crippen LogP contribution is 2.67. The molecule has 3 saturated carbocycles. The minimum atomic E-state index is -0.125. The molecule has 1 heterocycles. The molecule has 5 rings (SSSR count). The molecule has 26 heavy (non-hydrogen) atoms. The summed E-state index contributed by atoms with van der Waals surface area (Å²) >= 11 is 0. The number of carbonyl (C=O) groups excluding carboxylic acids is 1. The van der Waals surface area contributed by atoms with Crippen LogP contribution < -0.4 is 0 Å². The summed E-state index contributed by atoms with van der Waals surface area (Å²) in [6, 6.07) is 0.507. The molecule has 0 radical (unpaired) electrons. The Morgan fingerprint density at radius 1 is 1.19 bits per heavy atom. The van der Waals surface area contributed by atoms with Crippen LogP contribution in [0.5, 0.6) is 0 Å². The highest BCUT2D eigenvalue weighted by molar-refractivity contribution is 5.80. The third-order valence-electron chi connectivity index (χ3n) is 9.49. The van der Waals surface area contributed by atoms with Gasteiger partial charge < -0.3 is 5.11 Å². The van der Waals surface area contributed by atoms with Crippen molar-refractivity contribution in [3.05, 3.63) is 11.6 Å². The number of hydrogen-bond acceptors (Lipinski definition) is 3. The summed E-state index contributed by atoms with van der Waals surface area (Å²) in [5, 5.41) is 10.2. The molecule has 0 bridgehead atoms. The van der Waals surface area contributed by atoms with Crippen LogP contribution >= 0.6 is 0 Å². The van der Waals surface area contributed by atoms with Gasteiger partial charge >= 0.3 is 0 Å². The van der Waals surface area contributed by atoms with Gasteiger partial charge in [-0.05, 0) is 80.5 Å². The Morgan fingerprint density at radius 3 is 2.65 bits per heavy atom. The molecule has 0 aromatic carbocycles. The number of Topliss-reactive ketones (excluding diaryl/α,β-unsaturated/α-hetero) is 1. The number of hydrogen-bond donors (Lipinski definition) is 1. The van der Waals surface area contributed by atoms with Gasteiger partial charge in [0.2, 0.25) is 0 Å². The Labute approximate surface area is 158 Å². The van der Waals surface area contributed by atoms with Crippen LogP contribution in [-0.2, 0) is 4.79 Å². The van der Waals surface area contributed by atoms with Crippen LogP contribution in [0.25, 0.3) is 0 Å². The minimum Gasteiger partial charge on any atom is -0.393 e. The summed E-state index contributed by atoms with van der Waals surface area (Å²) in [5.41, 5.74) is 2.05. The number of allylic oxidation sites excluding steroid dienone is 1. The zero-order valence-electron chi connectivity index (χ0n) is 16.7. The largest absolute Gasteiger partial charge is 0.393 e. The first kappa shape index (κ1) is 17.4. The summed E-state index contributed by atoms with van der Waals surface area (Å²) < 4.78 is 0. The van der Waals surface area contributed by atoms with Crippen molar-refractivity contribution < 1.29 is 9.90 Å². The van der Waals surface area contributed by atoms with E-state index in [0.29, 0.717) is 23.2 Å². The second kappa shape index (κ2) is 5.67. The number of aliphatic hydroxyl groups excluding tert-OH is 1. The Hall–Kier alpha value is -0.670. The molecule has 4 fully saturated rings. The molecular formula is C23H35NO2. The van der Waals surface area contributed by atoms with E-state index in [4.69, 9.17) is 0 Å². The second-order valence-electron chi connectivity index (χ2n) is 10.6. The van der Waals surface area contributed by atoms with Gasteiger partial charge in [0.05, 0.1) is 6.10 Å². The quantitative estimate of drug-likeness (QED) is 0.603. The Balaban J connectivity index is 1.50. The van der Waals surface area contributed by atoms with Crippen molar-refractivity contribution in [3.8, 4) is 0 Å². The molecular weight excluding hydrogens is 322 g/mol. The molecule has 0 aromatic heterocycles. The maximum Gasteiger partial charge on any atom is 0.135 e. The standard InChI is InChI=1S/C23H35NO2/c1-14(25)21-20(24-10-11-24)13-19-17-5-4-15-12-16(26)6-8-22(15,2)18(17)7-9-23(19,21)3/h4,16-21,26H,5-13H2,1-3H3/t16?,17-,18+,19+,20?,21+,22+,23+/m1/s1. The number of aliphatic hydroxyl groups is 1. The molecule has 0 amide bonds. The molecule has 1 saturated heterocycles. The summed E-state index contributed by atoms with van der Waals surface area (Å²) in [6.07, 6.45) is 10.3. The average molecular weight is 358 g/mol. The van der Waals surface area contributed by atoms with Crippen molar-refractivity contribution in [2.24, 2.45) is 34.5 Å². The fraction of sp³-hybridized carbons (Fsp3) is 0.870. The lowest BCUT2D eigenvalue weighted by Crippen LogP contribution is -2.51. The topological polar surface area (TPSA) is 40.3 Å². The Bertz CT molecular complexity index is 653. The van der Waals surface area contributed by atoms with E-state index < -0.39 is 0 Å². The van der Waals surface area contributed by atoms with E-state index in [-0.39, 0.29) is 17.4 Å². The third-order valence-corrected chi connectivity index (χ3v) is 9.49. The minimum absolute atomic E-state index is 0.125. The maximum absolute atomic E-state index is 12.7. The third kappa shape index (κ3) is 2.29. The van der Waals surface area contributed by atoms with Gasteiger partial charge in [-0.3, -0.25) is 9.69 Å². The number of fused-ring (bicyclic) bond motifs is 5. The van der Waals surface area contributed by atoms with E-state index in [1.807, 2.05) is 6.92 Å². The van der Waals surface area contributed by atoms with Gasteiger partial charge in [0.1, 0.15) is 5.78 Å². The highest BCUT2D eigenvalue weighted by Gasteiger charge is 2.63. The molecule has 0 spiro atoms. The van der Waals surface area contributed by atoms with Gasteiger partial charge in [0.25, 0.3) is 0 Å². The van der Waals surface area contributed by atoms with Crippen LogP contribution in [0, 0.1) is 34.5 Å². The van der Waals surface area contributed by atoms with Crippen molar-refractivity contribution >= 4 is 5.78 Å². The van der Waals surface area contributed by atoms with E-state index in [9.17, 15) is 9.90 Å². The fourth-order valence-electron chi connectivity index (χ4n) is 8.14. The summed E-state index contributed by atoms with van der Waals surface area (Å²) in [5.74, 6) is 2.88. The van der Waals surface area contributed by atoms with Crippen molar-refractivity contribution in [2.75, 3.05) is 13.1 Å². The van der Waals surface area contributed by atoms with Crippen molar-refractivity contribution in [1.82, 2.24) is 4.90 Å². The predicted octanol–water partition coefficient (Wildman–Crippen LogP) is 3.81. The zero-order chi connectivity index (χ0) is 18.3.